The molecule has 0 bridgehead atoms. The molecule has 2 aliphatic rings. The van der Waals surface area contributed by atoms with Gasteiger partial charge in [-0.2, -0.15) is 0 Å². The van der Waals surface area contributed by atoms with Crippen LogP contribution in [0, 0.1) is 17.6 Å². The molecule has 0 radical (unpaired) electrons. The largest absolute Gasteiger partial charge is 0.478 e. The Hall–Kier alpha value is -2.83. The molecule has 1 atom stereocenters. The molecule has 7 heteroatoms. The summed E-state index contributed by atoms with van der Waals surface area (Å²) in [6, 6.07) is 2.79. The highest BCUT2D eigenvalue weighted by Crippen LogP contribution is 2.25. The second kappa shape index (κ2) is 7.19. The summed E-state index contributed by atoms with van der Waals surface area (Å²) < 4.78 is 28.8. The van der Waals surface area contributed by atoms with Crippen LogP contribution in [0.1, 0.15) is 24.0 Å². The van der Waals surface area contributed by atoms with Crippen molar-refractivity contribution in [2.45, 2.75) is 25.8 Å². The first-order valence-electron chi connectivity index (χ1n) is 8.27. The molecule has 1 heterocycles. The molecule has 1 saturated heterocycles. The number of carbonyl (C=O) groups is 3. The zero-order chi connectivity index (χ0) is 18.8. The van der Waals surface area contributed by atoms with Crippen molar-refractivity contribution in [1.29, 1.82) is 0 Å². The first kappa shape index (κ1) is 18.0. The van der Waals surface area contributed by atoms with Gasteiger partial charge in [0.1, 0.15) is 0 Å². The van der Waals surface area contributed by atoms with E-state index in [1.54, 1.807) is 0 Å². The van der Waals surface area contributed by atoms with Gasteiger partial charge in [-0.3, -0.25) is 9.59 Å². The van der Waals surface area contributed by atoms with Gasteiger partial charge in [-0.1, -0.05) is 18.2 Å². The van der Waals surface area contributed by atoms with Gasteiger partial charge in [-0.15, -0.1) is 0 Å². The highest BCUT2D eigenvalue weighted by Gasteiger charge is 2.25. The average molecular weight is 361 g/mol. The zero-order valence-corrected chi connectivity index (χ0v) is 13.9. The summed E-state index contributed by atoms with van der Waals surface area (Å²) in [7, 11) is 0. The van der Waals surface area contributed by atoms with Crippen LogP contribution in [-0.2, 0) is 27.3 Å². The third-order valence-electron chi connectivity index (χ3n) is 4.63. The number of carbonyl (C=O) groups excluding carboxylic acids is 2. The summed E-state index contributed by atoms with van der Waals surface area (Å²) >= 11 is 0. The third kappa shape index (κ3) is 3.56. The quantitative estimate of drug-likeness (QED) is 0.874. The number of benzene rings is 1. The predicted molar refractivity (Wildman–Crippen MR) is 88.1 cm³/mol. The Balaban J connectivity index is 1.80. The number of rotatable bonds is 5. The van der Waals surface area contributed by atoms with Crippen molar-refractivity contribution >= 4 is 17.7 Å². The average Bonchev–Trinajstić information content (AvgIpc) is 3.01. The molecule has 26 heavy (non-hydrogen) atoms. The molecule has 136 valence electrons. The van der Waals surface area contributed by atoms with E-state index in [9.17, 15) is 23.2 Å². The highest BCUT2D eigenvalue weighted by atomic mass is 19.2. The number of amides is 1. The lowest BCUT2D eigenvalue weighted by Crippen LogP contribution is -2.25. The lowest BCUT2D eigenvalue weighted by molar-refractivity contribution is -0.132. The monoisotopic (exact) mass is 361 g/mol. The van der Waals surface area contributed by atoms with Crippen molar-refractivity contribution in [3.8, 4) is 0 Å². The van der Waals surface area contributed by atoms with E-state index in [0.717, 1.165) is 6.08 Å². The number of ketones is 1. The van der Waals surface area contributed by atoms with Crippen molar-refractivity contribution in [2.24, 2.45) is 5.92 Å². The fraction of sp³-hybridized carbons (Fsp3) is 0.316. The molecule has 1 aromatic carbocycles. The molecule has 1 amide bonds. The summed E-state index contributed by atoms with van der Waals surface area (Å²) in [6.45, 7) is 0.531. The van der Waals surface area contributed by atoms with Gasteiger partial charge in [0.15, 0.2) is 17.4 Å². The molecular weight excluding hydrogens is 344 g/mol. The van der Waals surface area contributed by atoms with Crippen LogP contribution in [0.15, 0.2) is 35.9 Å². The van der Waals surface area contributed by atoms with E-state index < -0.39 is 23.5 Å². The Morgan fingerprint density at radius 3 is 2.50 bits per heavy atom. The molecule has 1 aliphatic carbocycles. The standard InChI is InChI=1S/C19H17F2NO4/c20-17-11(8-14-9-12(19(25)26)5-6-15(14)23)3-4-13(18(17)21)10-22-7-1-2-16(22)24/h3-6,9,14H,1-2,7-8,10H2,(H,25,26). The van der Waals surface area contributed by atoms with Crippen molar-refractivity contribution < 1.29 is 28.3 Å². The van der Waals surface area contributed by atoms with Crippen molar-refractivity contribution in [1.82, 2.24) is 4.90 Å². The number of likely N-dealkylation sites (tertiary alicyclic amines) is 1. The van der Waals surface area contributed by atoms with E-state index in [0.29, 0.717) is 19.4 Å². The first-order chi connectivity index (χ1) is 12.4. The predicted octanol–water partition coefficient (Wildman–Crippen LogP) is 2.40. The summed E-state index contributed by atoms with van der Waals surface area (Å²) in [6.07, 6.45) is 4.56. The van der Waals surface area contributed by atoms with Crippen LogP contribution in [0.3, 0.4) is 0 Å². The fourth-order valence-electron chi connectivity index (χ4n) is 3.17. The maximum absolute atomic E-state index is 14.4. The van der Waals surface area contributed by atoms with Crippen LogP contribution in [0.25, 0.3) is 0 Å². The molecule has 1 aromatic rings. The van der Waals surface area contributed by atoms with Gasteiger partial charge in [0.2, 0.25) is 5.91 Å². The van der Waals surface area contributed by atoms with Crippen molar-refractivity contribution in [2.75, 3.05) is 6.54 Å². The number of carboxylic acids is 1. The number of hydrogen-bond acceptors (Lipinski definition) is 3. The Labute approximate surface area is 148 Å². The van der Waals surface area contributed by atoms with Gasteiger partial charge in [0.05, 0.1) is 5.57 Å². The Morgan fingerprint density at radius 1 is 1.15 bits per heavy atom. The third-order valence-corrected chi connectivity index (χ3v) is 4.63. The minimum absolute atomic E-state index is 0.00589. The van der Waals surface area contributed by atoms with Gasteiger partial charge >= 0.3 is 5.97 Å². The number of halogens is 2. The number of allylic oxidation sites excluding steroid dienone is 2. The van der Waals surface area contributed by atoms with Gasteiger partial charge < -0.3 is 10.0 Å². The summed E-state index contributed by atoms with van der Waals surface area (Å²) in [5, 5.41) is 9.00. The molecule has 0 saturated carbocycles. The normalized spacial score (nSPS) is 19.8. The summed E-state index contributed by atoms with van der Waals surface area (Å²) in [5.41, 5.74) is 0.0198. The maximum Gasteiger partial charge on any atom is 0.335 e. The second-order valence-electron chi connectivity index (χ2n) is 6.40. The maximum atomic E-state index is 14.4. The van der Waals surface area contributed by atoms with Crippen molar-refractivity contribution in [3.05, 3.63) is 58.7 Å². The highest BCUT2D eigenvalue weighted by molar-refractivity contribution is 6.01. The Kier molecular flexibility index (Phi) is 4.97. The van der Waals surface area contributed by atoms with Crippen LogP contribution in [0.4, 0.5) is 8.78 Å². The topological polar surface area (TPSA) is 74.7 Å². The Morgan fingerprint density at radius 2 is 1.85 bits per heavy atom. The molecule has 3 rings (SSSR count). The molecule has 1 N–H and O–H groups in total. The zero-order valence-electron chi connectivity index (χ0n) is 13.9. The lowest BCUT2D eigenvalue weighted by Gasteiger charge is -2.18. The molecule has 0 aromatic heterocycles. The van der Waals surface area contributed by atoms with E-state index in [-0.39, 0.29) is 41.4 Å². The summed E-state index contributed by atoms with van der Waals surface area (Å²) in [5.74, 6) is -4.59. The molecule has 1 aliphatic heterocycles. The molecule has 1 unspecified atom stereocenters. The lowest BCUT2D eigenvalue weighted by atomic mass is 9.88. The van der Waals surface area contributed by atoms with E-state index >= 15 is 0 Å². The van der Waals surface area contributed by atoms with Crippen molar-refractivity contribution in [3.63, 3.8) is 0 Å². The second-order valence-corrected chi connectivity index (χ2v) is 6.40. The number of hydrogen-bond donors (Lipinski definition) is 1. The SMILES string of the molecule is O=C(O)C1=CC(Cc2ccc(CN3CCCC3=O)c(F)c2F)C(=O)C=C1. The minimum Gasteiger partial charge on any atom is -0.478 e. The fourth-order valence-corrected chi connectivity index (χ4v) is 3.17. The van der Waals surface area contributed by atoms with E-state index in [1.807, 2.05) is 0 Å². The summed E-state index contributed by atoms with van der Waals surface area (Å²) in [4.78, 5) is 36.0. The molecule has 1 fully saturated rings. The number of nitrogens with zero attached hydrogens (tertiary/aromatic N) is 1. The van der Waals surface area contributed by atoms with Crippen LogP contribution < -0.4 is 0 Å². The van der Waals surface area contributed by atoms with Gasteiger partial charge in [0, 0.05) is 31.0 Å². The van der Waals surface area contributed by atoms with Crippen LogP contribution in [0.2, 0.25) is 0 Å². The first-order valence-corrected chi connectivity index (χ1v) is 8.27. The van der Waals surface area contributed by atoms with Crippen LogP contribution in [0.5, 0.6) is 0 Å². The van der Waals surface area contributed by atoms with Gasteiger partial charge in [-0.05, 0) is 30.6 Å². The smallest absolute Gasteiger partial charge is 0.335 e. The Bertz CT molecular complexity index is 844. The minimum atomic E-state index is -1.18. The van der Waals surface area contributed by atoms with E-state index in [2.05, 4.69) is 0 Å². The van der Waals surface area contributed by atoms with E-state index in [1.165, 1.54) is 29.2 Å². The van der Waals surface area contributed by atoms with Crippen LogP contribution >= 0.6 is 0 Å². The van der Waals surface area contributed by atoms with Gasteiger partial charge in [0.25, 0.3) is 0 Å². The molecule has 5 nitrogen and oxygen atoms in total. The molecular formula is C19H17F2NO4. The van der Waals surface area contributed by atoms with Gasteiger partial charge in [-0.25, -0.2) is 13.6 Å². The number of aliphatic carboxylic acids is 1. The number of carboxylic acid groups (broad SMARTS) is 1. The molecule has 0 spiro atoms. The van der Waals surface area contributed by atoms with E-state index in [4.69, 9.17) is 5.11 Å². The van der Waals surface area contributed by atoms with Crippen LogP contribution in [-0.4, -0.2) is 34.2 Å².